The second kappa shape index (κ2) is 6.71. The first-order valence-corrected chi connectivity index (χ1v) is 10.8. The number of benzene rings is 4. The van der Waals surface area contributed by atoms with Crippen molar-refractivity contribution in [1.29, 1.82) is 0 Å². The predicted octanol–water partition coefficient (Wildman–Crippen LogP) is 6.84. The van der Waals surface area contributed by atoms with Crippen LogP contribution in [0.25, 0.3) is 21.7 Å². The summed E-state index contributed by atoms with van der Waals surface area (Å²) in [5.41, 5.74) is 2.78. The maximum Gasteiger partial charge on any atom is 0.344 e. The van der Waals surface area contributed by atoms with Crippen LogP contribution in [0.3, 0.4) is 0 Å². The summed E-state index contributed by atoms with van der Waals surface area (Å²) in [4.78, 5) is 13.2. The van der Waals surface area contributed by atoms with E-state index in [-0.39, 0.29) is 11.5 Å². The third-order valence-corrected chi connectivity index (χ3v) is 6.44. The summed E-state index contributed by atoms with van der Waals surface area (Å²) in [6, 6.07) is 28.1. The van der Waals surface area contributed by atoms with E-state index in [1.807, 2.05) is 36.4 Å². The van der Waals surface area contributed by atoms with Gasteiger partial charge in [-0.3, -0.25) is 0 Å². The molecule has 144 valence electrons. The van der Waals surface area contributed by atoms with Gasteiger partial charge < -0.3 is 9.15 Å². The van der Waals surface area contributed by atoms with Crippen LogP contribution >= 0.6 is 22.6 Å². The third-order valence-electron chi connectivity index (χ3n) is 5.72. The van der Waals surface area contributed by atoms with Crippen molar-refractivity contribution >= 4 is 44.3 Å². The van der Waals surface area contributed by atoms with Gasteiger partial charge in [0, 0.05) is 15.1 Å². The number of para-hydroxylation sites is 1. The summed E-state index contributed by atoms with van der Waals surface area (Å²) in [6.45, 7) is 0. The fraction of sp³-hybridized carbons (Fsp3) is 0.0385. The Morgan fingerprint density at radius 1 is 0.733 bits per heavy atom. The molecule has 1 aliphatic heterocycles. The molecule has 0 aliphatic carbocycles. The van der Waals surface area contributed by atoms with E-state index in [9.17, 15) is 4.79 Å². The molecule has 6 rings (SSSR count). The van der Waals surface area contributed by atoms with Crippen molar-refractivity contribution in [3.8, 4) is 11.5 Å². The van der Waals surface area contributed by atoms with Crippen molar-refractivity contribution < 1.29 is 9.15 Å². The summed E-state index contributed by atoms with van der Waals surface area (Å²) in [5, 5.41) is 3.00. The van der Waals surface area contributed by atoms with Gasteiger partial charge in [0.2, 0.25) is 0 Å². The maximum atomic E-state index is 13.2. The second-order valence-corrected chi connectivity index (χ2v) is 8.66. The van der Waals surface area contributed by atoms with Crippen molar-refractivity contribution in [1.82, 2.24) is 0 Å². The minimum atomic E-state index is -0.356. The Labute approximate surface area is 186 Å². The maximum absolute atomic E-state index is 13.2. The van der Waals surface area contributed by atoms with Crippen LogP contribution in [0.2, 0.25) is 0 Å². The summed E-state index contributed by atoms with van der Waals surface area (Å²) < 4.78 is 13.3. The van der Waals surface area contributed by atoms with Gasteiger partial charge in [0.25, 0.3) is 0 Å². The van der Waals surface area contributed by atoms with Gasteiger partial charge in [-0.25, -0.2) is 4.79 Å². The Hall–Kier alpha value is -3.12. The molecule has 0 bridgehead atoms. The van der Waals surface area contributed by atoms with Crippen LogP contribution in [0.4, 0.5) is 0 Å². The smallest absolute Gasteiger partial charge is 0.344 e. The van der Waals surface area contributed by atoms with Gasteiger partial charge in [0.15, 0.2) is 0 Å². The number of fused-ring (bicyclic) bond motifs is 6. The summed E-state index contributed by atoms with van der Waals surface area (Å²) in [7, 11) is 0. The molecule has 5 aromatic rings. The molecule has 0 N–H and O–H groups in total. The van der Waals surface area contributed by atoms with Crippen LogP contribution < -0.4 is 10.4 Å². The van der Waals surface area contributed by atoms with Gasteiger partial charge in [0.05, 0.1) is 10.9 Å². The molecule has 4 aromatic carbocycles. The molecule has 0 radical (unpaired) electrons. The molecular formula is C26H15IO3. The highest BCUT2D eigenvalue weighted by Crippen LogP contribution is 2.50. The van der Waals surface area contributed by atoms with Crippen LogP contribution in [0.1, 0.15) is 22.6 Å². The Kier molecular flexibility index (Phi) is 3.96. The van der Waals surface area contributed by atoms with E-state index in [1.165, 1.54) is 0 Å². The minimum Gasteiger partial charge on any atom is -0.456 e. The van der Waals surface area contributed by atoms with Gasteiger partial charge in [-0.15, -0.1) is 0 Å². The topological polar surface area (TPSA) is 39.4 Å². The number of rotatable bonds is 1. The molecule has 0 amide bonds. The predicted molar refractivity (Wildman–Crippen MR) is 127 cm³/mol. The van der Waals surface area contributed by atoms with Crippen LogP contribution in [-0.2, 0) is 0 Å². The normalized spacial score (nSPS) is 14.9. The van der Waals surface area contributed by atoms with Crippen molar-refractivity contribution in [2.75, 3.05) is 0 Å². The molecule has 4 heteroatoms. The van der Waals surface area contributed by atoms with E-state index < -0.39 is 0 Å². The lowest BCUT2D eigenvalue weighted by Gasteiger charge is -2.29. The molecule has 0 saturated carbocycles. The lowest BCUT2D eigenvalue weighted by atomic mass is 9.80. The van der Waals surface area contributed by atoms with Gasteiger partial charge in [0.1, 0.15) is 17.1 Å². The average Bonchev–Trinajstić information content (AvgIpc) is 2.78. The van der Waals surface area contributed by atoms with Crippen LogP contribution in [0.5, 0.6) is 11.5 Å². The zero-order valence-corrected chi connectivity index (χ0v) is 17.9. The molecule has 30 heavy (non-hydrogen) atoms. The average molecular weight is 502 g/mol. The zero-order chi connectivity index (χ0) is 20.2. The SMILES string of the molecule is O=c1oc2ccccc2c2c1C(c1ccc(I)cc1)c1c(ccc3ccccc13)O2. The highest BCUT2D eigenvalue weighted by molar-refractivity contribution is 14.1. The van der Waals surface area contributed by atoms with E-state index in [0.717, 1.165) is 36.6 Å². The quantitative estimate of drug-likeness (QED) is 0.183. The third kappa shape index (κ3) is 2.60. The van der Waals surface area contributed by atoms with E-state index >= 15 is 0 Å². The van der Waals surface area contributed by atoms with Crippen LogP contribution in [-0.4, -0.2) is 0 Å². The first-order chi connectivity index (χ1) is 14.7. The second-order valence-electron chi connectivity index (χ2n) is 7.41. The molecule has 1 unspecified atom stereocenters. The van der Waals surface area contributed by atoms with E-state index in [1.54, 1.807) is 6.07 Å². The van der Waals surface area contributed by atoms with Crippen molar-refractivity contribution in [3.63, 3.8) is 0 Å². The fourth-order valence-electron chi connectivity index (χ4n) is 4.40. The fourth-order valence-corrected chi connectivity index (χ4v) is 4.76. The number of ether oxygens (including phenoxy) is 1. The Morgan fingerprint density at radius 3 is 2.30 bits per heavy atom. The monoisotopic (exact) mass is 502 g/mol. The van der Waals surface area contributed by atoms with Crippen LogP contribution in [0, 0.1) is 3.57 Å². The Bertz CT molecular complexity index is 1500. The molecular weight excluding hydrogens is 487 g/mol. The number of halogens is 1. The summed E-state index contributed by atoms with van der Waals surface area (Å²) in [6.07, 6.45) is 0. The molecule has 1 aromatic heterocycles. The Morgan fingerprint density at radius 2 is 1.47 bits per heavy atom. The highest BCUT2D eigenvalue weighted by Gasteiger charge is 2.35. The van der Waals surface area contributed by atoms with Crippen molar-refractivity contribution in [2.24, 2.45) is 0 Å². The molecule has 3 nitrogen and oxygen atoms in total. The first-order valence-electron chi connectivity index (χ1n) is 9.71. The van der Waals surface area contributed by atoms with Gasteiger partial charge in [-0.2, -0.15) is 0 Å². The molecule has 1 aliphatic rings. The van der Waals surface area contributed by atoms with E-state index in [2.05, 4.69) is 65.1 Å². The molecule has 0 spiro atoms. The van der Waals surface area contributed by atoms with Crippen LogP contribution in [0.15, 0.2) is 94.1 Å². The van der Waals surface area contributed by atoms with E-state index in [4.69, 9.17) is 9.15 Å². The zero-order valence-electron chi connectivity index (χ0n) is 15.8. The minimum absolute atomic E-state index is 0.271. The first kappa shape index (κ1) is 17.7. The molecule has 0 fully saturated rings. The lowest BCUT2D eigenvalue weighted by molar-refractivity contribution is 0.441. The van der Waals surface area contributed by atoms with E-state index in [0.29, 0.717) is 16.9 Å². The summed E-state index contributed by atoms with van der Waals surface area (Å²) in [5.74, 6) is 1.10. The lowest BCUT2D eigenvalue weighted by Crippen LogP contribution is -2.21. The Balaban J connectivity index is 1.76. The molecule has 1 atom stereocenters. The molecule has 0 saturated heterocycles. The van der Waals surface area contributed by atoms with Gasteiger partial charge in [-0.1, -0.05) is 54.6 Å². The van der Waals surface area contributed by atoms with Gasteiger partial charge >= 0.3 is 5.63 Å². The molecule has 2 heterocycles. The van der Waals surface area contributed by atoms with Gasteiger partial charge in [-0.05, 0) is 69.3 Å². The highest BCUT2D eigenvalue weighted by atomic mass is 127. The number of hydrogen-bond donors (Lipinski definition) is 0. The summed E-state index contributed by atoms with van der Waals surface area (Å²) >= 11 is 2.29. The largest absolute Gasteiger partial charge is 0.456 e. The standard InChI is InChI=1S/C26H15IO3/c27-17-12-9-16(10-13-17)22-23-18-6-2-1-5-15(18)11-14-21(23)29-25-19-7-3-4-8-20(19)30-26(28)24(22)25/h1-14,22H. The van der Waals surface area contributed by atoms with Crippen molar-refractivity contribution in [2.45, 2.75) is 5.92 Å². The van der Waals surface area contributed by atoms with Crippen molar-refractivity contribution in [3.05, 3.63) is 116 Å². The number of hydrogen-bond acceptors (Lipinski definition) is 3.